The molecule has 0 bridgehead atoms. The first-order chi connectivity index (χ1) is 8.58. The molecule has 1 heterocycles. The number of rotatable bonds is 5. The van der Waals surface area contributed by atoms with Gasteiger partial charge in [-0.05, 0) is 24.1 Å². The fraction of sp³-hybridized carbons (Fsp3) is 0.571. The molecule has 1 N–H and O–H groups in total. The van der Waals surface area contributed by atoms with E-state index in [2.05, 4.69) is 19.2 Å². The number of benzene rings is 1. The highest BCUT2D eigenvalue weighted by atomic mass is 32.2. The Morgan fingerprint density at radius 2 is 1.94 bits per heavy atom. The van der Waals surface area contributed by atoms with Gasteiger partial charge in [0.25, 0.3) is 0 Å². The second-order valence-corrected chi connectivity index (χ2v) is 6.97. The van der Waals surface area contributed by atoms with Crippen molar-refractivity contribution in [2.24, 2.45) is 5.92 Å². The molecule has 3 nitrogen and oxygen atoms in total. The summed E-state index contributed by atoms with van der Waals surface area (Å²) in [7, 11) is -3.08. The smallest absolute Gasteiger partial charge is 0.180 e. The second kappa shape index (κ2) is 5.41. The summed E-state index contributed by atoms with van der Waals surface area (Å²) in [5.74, 6) is 0.826. The van der Waals surface area contributed by atoms with Crippen LogP contribution in [-0.4, -0.2) is 20.7 Å². The van der Waals surface area contributed by atoms with E-state index in [9.17, 15) is 8.42 Å². The highest BCUT2D eigenvalue weighted by Gasteiger charge is 2.33. The topological polar surface area (TPSA) is 46.2 Å². The highest BCUT2D eigenvalue weighted by Crippen LogP contribution is 2.33. The molecular formula is C14H21NO2S. The molecule has 0 fully saturated rings. The summed E-state index contributed by atoms with van der Waals surface area (Å²) >= 11 is 0. The van der Waals surface area contributed by atoms with Crippen molar-refractivity contribution in [2.45, 2.75) is 37.6 Å². The van der Waals surface area contributed by atoms with Gasteiger partial charge < -0.3 is 5.32 Å². The SMILES string of the molecule is CCC(CC)CNC1CS(=O)(=O)c2ccccc21. The molecule has 0 saturated carbocycles. The van der Waals surface area contributed by atoms with Crippen molar-refractivity contribution in [3.63, 3.8) is 0 Å². The maximum atomic E-state index is 12.0. The summed E-state index contributed by atoms with van der Waals surface area (Å²) in [5.41, 5.74) is 0.934. The maximum Gasteiger partial charge on any atom is 0.180 e. The summed E-state index contributed by atoms with van der Waals surface area (Å²) < 4.78 is 24.0. The van der Waals surface area contributed by atoms with E-state index in [-0.39, 0.29) is 11.8 Å². The third-order valence-corrected chi connectivity index (χ3v) is 5.64. The van der Waals surface area contributed by atoms with Crippen molar-refractivity contribution >= 4 is 9.84 Å². The summed E-state index contributed by atoms with van der Waals surface area (Å²) in [4.78, 5) is 0.507. The van der Waals surface area contributed by atoms with Gasteiger partial charge in [0.1, 0.15) is 0 Å². The molecule has 1 aromatic carbocycles. The molecule has 1 unspecified atom stereocenters. The van der Waals surface area contributed by atoms with Crippen LogP contribution in [0.25, 0.3) is 0 Å². The lowest BCUT2D eigenvalue weighted by molar-refractivity contribution is 0.424. The molecule has 1 aromatic rings. The lowest BCUT2D eigenvalue weighted by Crippen LogP contribution is -2.28. The van der Waals surface area contributed by atoms with E-state index in [1.807, 2.05) is 12.1 Å². The molecule has 1 aliphatic rings. The van der Waals surface area contributed by atoms with Crippen LogP contribution < -0.4 is 5.32 Å². The first-order valence-corrected chi connectivity index (χ1v) is 8.28. The van der Waals surface area contributed by atoms with Crippen LogP contribution >= 0.6 is 0 Å². The first kappa shape index (κ1) is 13.6. The van der Waals surface area contributed by atoms with Crippen LogP contribution in [0.15, 0.2) is 29.2 Å². The normalized spacial score (nSPS) is 21.2. The van der Waals surface area contributed by atoms with E-state index in [0.717, 1.165) is 24.9 Å². The van der Waals surface area contributed by atoms with E-state index in [4.69, 9.17) is 0 Å². The van der Waals surface area contributed by atoms with Gasteiger partial charge in [-0.2, -0.15) is 0 Å². The third-order valence-electron chi connectivity index (χ3n) is 3.82. The van der Waals surface area contributed by atoms with Crippen LogP contribution in [0.5, 0.6) is 0 Å². The van der Waals surface area contributed by atoms with Crippen LogP contribution in [0.3, 0.4) is 0 Å². The Morgan fingerprint density at radius 1 is 1.28 bits per heavy atom. The molecule has 18 heavy (non-hydrogen) atoms. The second-order valence-electron chi connectivity index (χ2n) is 4.96. The maximum absolute atomic E-state index is 12.0. The number of hydrogen-bond acceptors (Lipinski definition) is 3. The van der Waals surface area contributed by atoms with Crippen molar-refractivity contribution in [3.8, 4) is 0 Å². The van der Waals surface area contributed by atoms with E-state index in [1.54, 1.807) is 12.1 Å². The van der Waals surface area contributed by atoms with Crippen LogP contribution in [-0.2, 0) is 9.84 Å². The Bertz CT molecular complexity index is 506. The van der Waals surface area contributed by atoms with Crippen molar-refractivity contribution in [1.82, 2.24) is 5.32 Å². The van der Waals surface area contributed by atoms with Gasteiger partial charge in [-0.1, -0.05) is 44.9 Å². The standard InChI is InChI=1S/C14H21NO2S/c1-3-11(4-2)9-15-13-10-18(16,17)14-8-6-5-7-12(13)14/h5-8,11,13,15H,3-4,9-10H2,1-2H3. The minimum atomic E-state index is -3.08. The summed E-state index contributed by atoms with van der Waals surface area (Å²) in [6, 6.07) is 7.30. The van der Waals surface area contributed by atoms with Crippen LogP contribution in [0.4, 0.5) is 0 Å². The lowest BCUT2D eigenvalue weighted by Gasteiger charge is -2.17. The Morgan fingerprint density at radius 3 is 2.61 bits per heavy atom. The van der Waals surface area contributed by atoms with Gasteiger partial charge in [-0.15, -0.1) is 0 Å². The molecule has 0 spiro atoms. The fourth-order valence-electron chi connectivity index (χ4n) is 2.51. The molecule has 4 heteroatoms. The minimum absolute atomic E-state index is 0.0354. The zero-order chi connectivity index (χ0) is 13.2. The number of fused-ring (bicyclic) bond motifs is 1. The van der Waals surface area contributed by atoms with Gasteiger partial charge in [0.05, 0.1) is 10.6 Å². The zero-order valence-corrected chi connectivity index (χ0v) is 11.8. The fourth-order valence-corrected chi connectivity index (χ4v) is 4.28. The average molecular weight is 267 g/mol. The van der Waals surface area contributed by atoms with E-state index in [0.29, 0.717) is 10.8 Å². The van der Waals surface area contributed by atoms with Crippen LogP contribution in [0.2, 0.25) is 0 Å². The van der Waals surface area contributed by atoms with E-state index < -0.39 is 9.84 Å². The highest BCUT2D eigenvalue weighted by molar-refractivity contribution is 7.91. The van der Waals surface area contributed by atoms with Gasteiger partial charge in [-0.3, -0.25) is 0 Å². The van der Waals surface area contributed by atoms with Crippen molar-refractivity contribution in [3.05, 3.63) is 29.8 Å². The third kappa shape index (κ3) is 2.59. The molecular weight excluding hydrogens is 246 g/mol. The first-order valence-electron chi connectivity index (χ1n) is 6.63. The monoisotopic (exact) mass is 267 g/mol. The zero-order valence-electron chi connectivity index (χ0n) is 11.0. The Kier molecular flexibility index (Phi) is 4.07. The lowest BCUT2D eigenvalue weighted by atomic mass is 10.0. The molecule has 2 rings (SSSR count). The van der Waals surface area contributed by atoms with E-state index in [1.165, 1.54) is 0 Å². The summed E-state index contributed by atoms with van der Waals surface area (Å²) in [5, 5.41) is 3.42. The predicted molar refractivity (Wildman–Crippen MR) is 73.3 cm³/mol. The van der Waals surface area contributed by atoms with Crippen molar-refractivity contribution in [2.75, 3.05) is 12.3 Å². The number of hydrogen-bond donors (Lipinski definition) is 1. The predicted octanol–water partition coefficient (Wildman–Crippen LogP) is 2.54. The molecule has 0 aromatic heterocycles. The van der Waals surface area contributed by atoms with Crippen molar-refractivity contribution in [1.29, 1.82) is 0 Å². The van der Waals surface area contributed by atoms with Crippen LogP contribution in [0, 0.1) is 5.92 Å². The molecule has 0 radical (unpaired) electrons. The number of nitrogens with one attached hydrogen (secondary N) is 1. The Hall–Kier alpha value is -0.870. The Labute approximate surface area is 110 Å². The summed E-state index contributed by atoms with van der Waals surface area (Å²) in [6.45, 7) is 5.24. The summed E-state index contributed by atoms with van der Waals surface area (Å²) in [6.07, 6.45) is 2.26. The number of sulfone groups is 1. The molecule has 1 atom stereocenters. The molecule has 1 aliphatic heterocycles. The Balaban J connectivity index is 2.13. The molecule has 100 valence electrons. The van der Waals surface area contributed by atoms with Gasteiger partial charge in [0.2, 0.25) is 0 Å². The van der Waals surface area contributed by atoms with Gasteiger partial charge in [0, 0.05) is 6.04 Å². The van der Waals surface area contributed by atoms with Crippen LogP contribution in [0.1, 0.15) is 38.3 Å². The minimum Gasteiger partial charge on any atom is -0.309 e. The largest absolute Gasteiger partial charge is 0.309 e. The average Bonchev–Trinajstić information content (AvgIpc) is 2.63. The molecule has 0 amide bonds. The van der Waals surface area contributed by atoms with Crippen molar-refractivity contribution < 1.29 is 8.42 Å². The van der Waals surface area contributed by atoms with Gasteiger partial charge in [-0.25, -0.2) is 8.42 Å². The quantitative estimate of drug-likeness (QED) is 0.891. The molecule has 0 aliphatic carbocycles. The van der Waals surface area contributed by atoms with Gasteiger partial charge in [0.15, 0.2) is 9.84 Å². The van der Waals surface area contributed by atoms with Gasteiger partial charge >= 0.3 is 0 Å². The van der Waals surface area contributed by atoms with E-state index >= 15 is 0 Å². The molecule has 0 saturated heterocycles.